The Hall–Kier alpha value is -4.99. The van der Waals surface area contributed by atoms with Gasteiger partial charge in [0.05, 0.1) is 11.5 Å². The van der Waals surface area contributed by atoms with Crippen LogP contribution in [0, 0.1) is 5.82 Å². The van der Waals surface area contributed by atoms with Crippen molar-refractivity contribution in [1.29, 1.82) is 0 Å². The fourth-order valence-electron chi connectivity index (χ4n) is 6.44. The van der Waals surface area contributed by atoms with Gasteiger partial charge in [0.15, 0.2) is 5.66 Å². The number of imide groups is 1. The van der Waals surface area contributed by atoms with Crippen LogP contribution >= 0.6 is 15.9 Å². The van der Waals surface area contributed by atoms with E-state index in [0.29, 0.717) is 22.6 Å². The lowest BCUT2D eigenvalue weighted by molar-refractivity contribution is -0.137. The van der Waals surface area contributed by atoms with Gasteiger partial charge in [-0.15, -0.1) is 0 Å². The Morgan fingerprint density at radius 2 is 1.56 bits per heavy atom. The third kappa shape index (κ3) is 7.74. The molecule has 50 heavy (non-hydrogen) atoms. The Balaban J connectivity index is 1.43. The van der Waals surface area contributed by atoms with Gasteiger partial charge in [-0.3, -0.25) is 4.79 Å². The van der Waals surface area contributed by atoms with Crippen molar-refractivity contribution in [2.45, 2.75) is 50.0 Å². The first kappa shape index (κ1) is 34.9. The van der Waals surface area contributed by atoms with E-state index in [-0.39, 0.29) is 32.5 Å². The fourth-order valence-corrected chi connectivity index (χ4v) is 6.78. The Kier molecular flexibility index (Phi) is 10.6. The number of rotatable bonds is 13. The SMILES string of the molecule is CC(CCC(O)c1ccc(F)cc1)(C(=O)N1C(=O)OCC1(Cc1ccccc1)Nc1ccccc1)c1ccc(Br)cc1OCc1ccccc1. The predicted molar refractivity (Wildman–Crippen MR) is 194 cm³/mol. The summed E-state index contributed by atoms with van der Waals surface area (Å²) in [5, 5.41) is 14.8. The molecule has 3 atom stereocenters. The van der Waals surface area contributed by atoms with E-state index in [0.717, 1.165) is 15.6 Å². The van der Waals surface area contributed by atoms with E-state index in [1.54, 1.807) is 6.92 Å². The van der Waals surface area contributed by atoms with Crippen molar-refractivity contribution < 1.29 is 28.6 Å². The Bertz CT molecular complexity index is 1870. The summed E-state index contributed by atoms with van der Waals surface area (Å²) < 4.78 is 26.6. The summed E-state index contributed by atoms with van der Waals surface area (Å²) in [6, 6.07) is 39.8. The number of hydrogen-bond acceptors (Lipinski definition) is 6. The number of nitrogens with zero attached hydrogens (tertiary/aromatic N) is 1. The zero-order chi connectivity index (χ0) is 35.1. The van der Waals surface area contributed by atoms with Crippen LogP contribution in [0.1, 0.15) is 48.1 Å². The van der Waals surface area contributed by atoms with E-state index in [1.807, 2.05) is 109 Å². The second kappa shape index (κ2) is 15.3. The van der Waals surface area contributed by atoms with Crippen LogP contribution in [0.2, 0.25) is 0 Å². The van der Waals surface area contributed by atoms with Crippen LogP contribution in [0.15, 0.2) is 138 Å². The lowest BCUT2D eigenvalue weighted by atomic mass is 9.75. The molecule has 0 saturated carbocycles. The zero-order valence-electron chi connectivity index (χ0n) is 27.6. The zero-order valence-corrected chi connectivity index (χ0v) is 29.2. The highest BCUT2D eigenvalue weighted by Crippen LogP contribution is 2.43. The molecule has 5 aromatic rings. The van der Waals surface area contributed by atoms with E-state index in [9.17, 15) is 14.3 Å². The first-order chi connectivity index (χ1) is 24.2. The summed E-state index contributed by atoms with van der Waals surface area (Å²) in [7, 11) is 0. The lowest BCUT2D eigenvalue weighted by Crippen LogP contribution is -2.61. The molecule has 0 aliphatic carbocycles. The highest BCUT2D eigenvalue weighted by Gasteiger charge is 2.56. The van der Waals surface area contributed by atoms with Gasteiger partial charge in [-0.1, -0.05) is 113 Å². The molecule has 1 fully saturated rings. The van der Waals surface area contributed by atoms with Crippen molar-refractivity contribution in [1.82, 2.24) is 4.90 Å². The van der Waals surface area contributed by atoms with Crippen LogP contribution in [0.5, 0.6) is 5.75 Å². The number of ether oxygens (including phenoxy) is 2. The van der Waals surface area contributed by atoms with Crippen LogP contribution in [0.3, 0.4) is 0 Å². The van der Waals surface area contributed by atoms with Crippen LogP contribution in [0.4, 0.5) is 14.9 Å². The maximum absolute atomic E-state index is 15.4. The number of carbonyl (C=O) groups is 2. The molecule has 1 aliphatic rings. The number of halogens is 2. The minimum absolute atomic E-state index is 0.0899. The molecule has 6 rings (SSSR count). The summed E-state index contributed by atoms with van der Waals surface area (Å²) in [5.74, 6) is -0.477. The van der Waals surface area contributed by atoms with E-state index in [1.165, 1.54) is 29.2 Å². The summed E-state index contributed by atoms with van der Waals surface area (Å²) in [4.78, 5) is 30.4. The summed E-state index contributed by atoms with van der Waals surface area (Å²) >= 11 is 3.56. The smallest absolute Gasteiger partial charge is 0.418 e. The van der Waals surface area contributed by atoms with Gasteiger partial charge in [0.1, 0.15) is 24.8 Å². The number of benzene rings is 5. The summed E-state index contributed by atoms with van der Waals surface area (Å²) in [6.07, 6.45) is -1.27. The van der Waals surface area contributed by atoms with E-state index in [4.69, 9.17) is 9.47 Å². The molecule has 9 heteroatoms. The van der Waals surface area contributed by atoms with Gasteiger partial charge in [-0.25, -0.2) is 14.1 Å². The van der Waals surface area contributed by atoms with Crippen molar-refractivity contribution in [3.63, 3.8) is 0 Å². The largest absolute Gasteiger partial charge is 0.489 e. The van der Waals surface area contributed by atoms with Crippen LogP contribution in [-0.4, -0.2) is 34.3 Å². The summed E-state index contributed by atoms with van der Waals surface area (Å²) in [5.41, 5.74) is 0.920. The highest BCUT2D eigenvalue weighted by molar-refractivity contribution is 9.10. The first-order valence-electron chi connectivity index (χ1n) is 16.5. The van der Waals surface area contributed by atoms with Gasteiger partial charge < -0.3 is 19.9 Å². The average molecular weight is 738 g/mol. The minimum atomic E-state index is -1.41. The van der Waals surface area contributed by atoms with Crippen molar-refractivity contribution in [2.75, 3.05) is 11.9 Å². The van der Waals surface area contributed by atoms with Crippen LogP contribution < -0.4 is 10.1 Å². The summed E-state index contributed by atoms with van der Waals surface area (Å²) in [6.45, 7) is 1.92. The highest BCUT2D eigenvalue weighted by atomic mass is 79.9. The normalized spacial score (nSPS) is 17.4. The number of aliphatic hydroxyl groups is 1. The van der Waals surface area contributed by atoms with Gasteiger partial charge in [-0.2, -0.15) is 0 Å². The average Bonchev–Trinajstić information content (AvgIpc) is 3.44. The number of carbonyl (C=O) groups excluding carboxylic acids is 2. The third-order valence-corrected chi connectivity index (χ3v) is 9.65. The molecule has 3 unspecified atom stereocenters. The molecule has 5 aromatic carbocycles. The van der Waals surface area contributed by atoms with E-state index >= 15 is 4.79 Å². The topological polar surface area (TPSA) is 88.1 Å². The quantitative estimate of drug-likeness (QED) is 0.126. The molecule has 2 amide bonds. The van der Waals surface area contributed by atoms with Gasteiger partial charge in [-0.05, 0) is 72.9 Å². The Morgan fingerprint density at radius 3 is 2.22 bits per heavy atom. The number of amides is 2. The first-order valence-corrected chi connectivity index (χ1v) is 17.2. The molecule has 0 spiro atoms. The lowest BCUT2D eigenvalue weighted by Gasteiger charge is -2.41. The van der Waals surface area contributed by atoms with Crippen molar-refractivity contribution in [3.8, 4) is 5.75 Å². The Labute approximate surface area is 299 Å². The molecule has 7 nitrogen and oxygen atoms in total. The third-order valence-electron chi connectivity index (χ3n) is 9.16. The number of aliphatic hydroxyl groups excluding tert-OH is 1. The molecule has 1 saturated heterocycles. The van der Waals surface area contributed by atoms with Gasteiger partial charge in [0.25, 0.3) is 0 Å². The molecule has 1 heterocycles. The second-order valence-electron chi connectivity index (χ2n) is 12.7. The van der Waals surface area contributed by atoms with Gasteiger partial charge in [0, 0.05) is 22.1 Å². The molecule has 0 aromatic heterocycles. The molecular weight excluding hydrogens is 699 g/mol. The van der Waals surface area contributed by atoms with Crippen molar-refractivity contribution in [2.24, 2.45) is 0 Å². The number of hydrogen-bond donors (Lipinski definition) is 2. The second-order valence-corrected chi connectivity index (χ2v) is 13.6. The minimum Gasteiger partial charge on any atom is -0.489 e. The van der Waals surface area contributed by atoms with Gasteiger partial charge in [0.2, 0.25) is 5.91 Å². The predicted octanol–water partition coefficient (Wildman–Crippen LogP) is 8.97. The standard InChI is InChI=1S/C41H38BrFN2O5/c1-40(24-23-36(46)31-17-20-33(43)21-18-31,35-22-19-32(42)25-37(35)49-27-30-13-7-3-8-14-30)38(47)45-39(48)50-28-41(45,26-29-11-5-2-6-12-29)44-34-15-9-4-10-16-34/h2-22,25,36,44,46H,23-24,26-28H2,1H3. The van der Waals surface area contributed by atoms with Crippen molar-refractivity contribution in [3.05, 3.63) is 166 Å². The molecule has 0 radical (unpaired) electrons. The molecule has 256 valence electrons. The molecule has 0 bridgehead atoms. The fraction of sp³-hybridized carbons (Fsp3) is 0.220. The monoisotopic (exact) mass is 736 g/mol. The maximum atomic E-state index is 15.4. The molecule has 2 N–H and O–H groups in total. The molecule has 1 aliphatic heterocycles. The van der Waals surface area contributed by atoms with E-state index in [2.05, 4.69) is 21.2 Å². The Morgan fingerprint density at radius 1 is 0.940 bits per heavy atom. The maximum Gasteiger partial charge on any atom is 0.418 e. The number of nitrogens with one attached hydrogen (secondary N) is 1. The van der Waals surface area contributed by atoms with Crippen LogP contribution in [0.25, 0.3) is 0 Å². The molecular formula is C41H38BrFN2O5. The number of para-hydroxylation sites is 1. The van der Waals surface area contributed by atoms with Crippen molar-refractivity contribution >= 4 is 33.6 Å². The number of cyclic esters (lactones) is 1. The van der Waals surface area contributed by atoms with Gasteiger partial charge >= 0.3 is 6.09 Å². The van der Waals surface area contributed by atoms with E-state index < -0.39 is 35.0 Å². The van der Waals surface area contributed by atoms with Crippen LogP contribution in [-0.2, 0) is 28.0 Å². The number of anilines is 1.